The number of benzene rings is 1. The van der Waals surface area contributed by atoms with Gasteiger partial charge in [0.2, 0.25) is 5.91 Å². The van der Waals surface area contributed by atoms with Crippen molar-refractivity contribution in [3.05, 3.63) is 30.1 Å². The maximum Gasteiger partial charge on any atom is 0.410 e. The number of nitrogens with zero attached hydrogens (tertiary/aromatic N) is 2. The molecule has 0 saturated carbocycles. The molecule has 8 heteroatoms. The van der Waals surface area contributed by atoms with E-state index in [1.54, 1.807) is 25.7 Å². The topological polar surface area (TPSA) is 79.3 Å². The quantitative estimate of drug-likeness (QED) is 0.789. The highest BCUT2D eigenvalue weighted by Crippen LogP contribution is 2.28. The molecular weight excluding hydrogens is 391 g/mol. The Hall–Kier alpha value is -2.35. The lowest BCUT2D eigenvalue weighted by Gasteiger charge is -2.34. The molecule has 2 saturated heterocycles. The van der Waals surface area contributed by atoms with Gasteiger partial charge in [0.15, 0.2) is 0 Å². The fourth-order valence-corrected chi connectivity index (χ4v) is 4.04. The molecule has 166 valence electrons. The van der Waals surface area contributed by atoms with Crippen LogP contribution in [0, 0.1) is 5.82 Å². The zero-order valence-electron chi connectivity index (χ0n) is 17.8. The molecular formula is C22H31FN2O5. The largest absolute Gasteiger partial charge is 0.491 e. The standard InChI is InChI=1S/C22H31FN2O5/c1-22(2,3)30-21(28)25-13-5-7-18(25)20(27)24-12-4-6-17(24)19(26)14-29-16-10-8-15(23)9-11-16/h8-11,17-19,26H,4-7,12-14H2,1-3H3/t17-,18-,19?/m0/s1. The fraction of sp³-hybridized carbons (Fsp3) is 0.636. The summed E-state index contributed by atoms with van der Waals surface area (Å²) in [6.07, 6.45) is 1.42. The van der Waals surface area contributed by atoms with Crippen LogP contribution in [0.5, 0.6) is 5.75 Å². The molecule has 3 atom stereocenters. The van der Waals surface area contributed by atoms with Gasteiger partial charge >= 0.3 is 6.09 Å². The molecule has 0 aliphatic carbocycles. The molecule has 1 aromatic carbocycles. The number of amides is 2. The van der Waals surface area contributed by atoms with Gasteiger partial charge in [-0.05, 0) is 70.7 Å². The van der Waals surface area contributed by atoms with Crippen molar-refractivity contribution in [1.29, 1.82) is 0 Å². The molecule has 0 spiro atoms. The molecule has 3 rings (SSSR count). The zero-order valence-corrected chi connectivity index (χ0v) is 17.8. The van der Waals surface area contributed by atoms with Gasteiger partial charge in [-0.15, -0.1) is 0 Å². The second-order valence-electron chi connectivity index (χ2n) is 8.91. The number of halogens is 1. The first-order valence-corrected chi connectivity index (χ1v) is 10.5. The van der Waals surface area contributed by atoms with Gasteiger partial charge in [-0.2, -0.15) is 0 Å². The molecule has 0 radical (unpaired) electrons. The highest BCUT2D eigenvalue weighted by atomic mass is 19.1. The number of aliphatic hydroxyl groups is 1. The molecule has 0 bridgehead atoms. The summed E-state index contributed by atoms with van der Waals surface area (Å²) in [6, 6.07) is 4.63. The molecule has 2 fully saturated rings. The van der Waals surface area contributed by atoms with Crippen LogP contribution in [-0.2, 0) is 9.53 Å². The van der Waals surface area contributed by atoms with E-state index in [1.165, 1.54) is 29.2 Å². The molecule has 0 aromatic heterocycles. The Morgan fingerprint density at radius 2 is 1.77 bits per heavy atom. The third kappa shape index (κ3) is 5.41. The molecule has 7 nitrogen and oxygen atoms in total. The maximum atomic E-state index is 13.2. The Morgan fingerprint density at radius 3 is 2.43 bits per heavy atom. The van der Waals surface area contributed by atoms with Crippen LogP contribution >= 0.6 is 0 Å². The van der Waals surface area contributed by atoms with Crippen molar-refractivity contribution in [2.24, 2.45) is 0 Å². The van der Waals surface area contributed by atoms with E-state index in [-0.39, 0.29) is 24.4 Å². The molecule has 2 aliphatic rings. The van der Waals surface area contributed by atoms with E-state index < -0.39 is 23.8 Å². The van der Waals surface area contributed by atoms with Crippen molar-refractivity contribution < 1.29 is 28.6 Å². The minimum atomic E-state index is -0.877. The fourth-order valence-electron chi connectivity index (χ4n) is 4.04. The molecule has 2 aliphatic heterocycles. The van der Waals surface area contributed by atoms with Crippen LogP contribution in [0.15, 0.2) is 24.3 Å². The summed E-state index contributed by atoms with van der Waals surface area (Å²) in [5.41, 5.74) is -0.628. The second-order valence-corrected chi connectivity index (χ2v) is 8.91. The van der Waals surface area contributed by atoms with Crippen molar-refractivity contribution >= 4 is 12.0 Å². The molecule has 1 aromatic rings. The Morgan fingerprint density at radius 1 is 1.13 bits per heavy atom. The minimum absolute atomic E-state index is 0.000522. The highest BCUT2D eigenvalue weighted by Gasteiger charge is 2.43. The Balaban J connectivity index is 1.61. The van der Waals surface area contributed by atoms with Gasteiger partial charge in [0.1, 0.15) is 35.9 Å². The zero-order chi connectivity index (χ0) is 21.9. The van der Waals surface area contributed by atoms with Crippen LogP contribution in [0.1, 0.15) is 46.5 Å². The number of carbonyl (C=O) groups excluding carboxylic acids is 2. The number of hydrogen-bond donors (Lipinski definition) is 1. The summed E-state index contributed by atoms with van der Waals surface area (Å²) in [5.74, 6) is -0.0542. The molecule has 2 heterocycles. The number of aliphatic hydroxyl groups excluding tert-OH is 1. The van der Waals surface area contributed by atoms with Crippen LogP contribution in [0.2, 0.25) is 0 Å². The molecule has 2 amide bonds. The second kappa shape index (κ2) is 9.20. The number of likely N-dealkylation sites (tertiary alicyclic amines) is 2. The summed E-state index contributed by atoms with van der Waals surface area (Å²) in [7, 11) is 0. The van der Waals surface area contributed by atoms with Crippen molar-refractivity contribution in [2.75, 3.05) is 19.7 Å². The van der Waals surface area contributed by atoms with Gasteiger partial charge in [0.05, 0.1) is 6.04 Å². The van der Waals surface area contributed by atoms with E-state index in [2.05, 4.69) is 0 Å². The Labute approximate surface area is 176 Å². The monoisotopic (exact) mass is 422 g/mol. The molecule has 1 unspecified atom stereocenters. The lowest BCUT2D eigenvalue weighted by molar-refractivity contribution is -0.139. The van der Waals surface area contributed by atoms with Crippen molar-refractivity contribution in [2.45, 2.75) is 70.2 Å². The lowest BCUT2D eigenvalue weighted by Crippen LogP contribution is -2.53. The predicted molar refractivity (Wildman–Crippen MR) is 109 cm³/mol. The summed E-state index contributed by atoms with van der Waals surface area (Å²) < 4.78 is 24.0. The summed E-state index contributed by atoms with van der Waals surface area (Å²) in [4.78, 5) is 28.9. The number of hydrogen-bond acceptors (Lipinski definition) is 5. The van der Waals surface area contributed by atoms with Crippen LogP contribution < -0.4 is 4.74 Å². The van der Waals surface area contributed by atoms with Gasteiger partial charge in [-0.1, -0.05) is 0 Å². The maximum absolute atomic E-state index is 13.2. The van der Waals surface area contributed by atoms with Gasteiger partial charge in [-0.3, -0.25) is 9.69 Å². The van der Waals surface area contributed by atoms with Crippen LogP contribution in [0.4, 0.5) is 9.18 Å². The van der Waals surface area contributed by atoms with Crippen molar-refractivity contribution in [1.82, 2.24) is 9.80 Å². The lowest BCUT2D eigenvalue weighted by atomic mass is 10.1. The predicted octanol–water partition coefficient (Wildman–Crippen LogP) is 2.96. The van der Waals surface area contributed by atoms with E-state index in [9.17, 15) is 19.1 Å². The first kappa shape index (κ1) is 22.3. The summed E-state index contributed by atoms with van der Waals surface area (Å²) in [5, 5.41) is 10.7. The Kier molecular flexibility index (Phi) is 6.85. The van der Waals surface area contributed by atoms with Gasteiger partial charge in [-0.25, -0.2) is 9.18 Å². The number of rotatable bonds is 5. The van der Waals surface area contributed by atoms with Crippen LogP contribution in [0.3, 0.4) is 0 Å². The van der Waals surface area contributed by atoms with Crippen LogP contribution in [0.25, 0.3) is 0 Å². The normalized spacial score (nSPS) is 22.8. The average Bonchev–Trinajstić information content (AvgIpc) is 3.35. The van der Waals surface area contributed by atoms with Gasteiger partial charge in [0.25, 0.3) is 0 Å². The van der Waals surface area contributed by atoms with E-state index in [0.29, 0.717) is 31.7 Å². The van der Waals surface area contributed by atoms with Crippen molar-refractivity contribution in [3.8, 4) is 5.75 Å². The average molecular weight is 422 g/mol. The van der Waals surface area contributed by atoms with Crippen LogP contribution in [-0.4, -0.2) is 70.4 Å². The van der Waals surface area contributed by atoms with Gasteiger partial charge in [0, 0.05) is 13.1 Å². The third-order valence-corrected chi connectivity index (χ3v) is 5.43. The minimum Gasteiger partial charge on any atom is -0.491 e. The first-order chi connectivity index (χ1) is 14.2. The number of carbonyl (C=O) groups is 2. The van der Waals surface area contributed by atoms with E-state index >= 15 is 0 Å². The third-order valence-electron chi connectivity index (χ3n) is 5.43. The summed E-state index contributed by atoms with van der Waals surface area (Å²) >= 11 is 0. The van der Waals surface area contributed by atoms with Crippen molar-refractivity contribution in [3.63, 3.8) is 0 Å². The van der Waals surface area contributed by atoms with Gasteiger partial charge < -0.3 is 19.5 Å². The Bertz CT molecular complexity index is 749. The molecule has 30 heavy (non-hydrogen) atoms. The number of ether oxygens (including phenoxy) is 2. The van der Waals surface area contributed by atoms with E-state index in [0.717, 1.165) is 12.8 Å². The summed E-state index contributed by atoms with van der Waals surface area (Å²) in [6.45, 7) is 6.42. The smallest absolute Gasteiger partial charge is 0.410 e. The SMILES string of the molecule is CC(C)(C)OC(=O)N1CCC[C@H]1C(=O)N1CCC[C@H]1C(O)COc1ccc(F)cc1. The highest BCUT2D eigenvalue weighted by molar-refractivity contribution is 5.86. The first-order valence-electron chi connectivity index (χ1n) is 10.5. The van der Waals surface area contributed by atoms with E-state index in [1.807, 2.05) is 0 Å². The molecule has 1 N–H and O–H groups in total. The van der Waals surface area contributed by atoms with E-state index in [4.69, 9.17) is 9.47 Å².